The Labute approximate surface area is 219 Å². The number of pyridine rings is 4. The molecule has 1 fully saturated rings. The van der Waals surface area contributed by atoms with Crippen LogP contribution >= 0.6 is 0 Å². The number of fused-ring (bicyclic) bond motifs is 2. The van der Waals surface area contributed by atoms with Gasteiger partial charge in [0.25, 0.3) is 5.92 Å². The molecule has 6 aromatic rings. The average Bonchev–Trinajstić information content (AvgIpc) is 3.65. The number of hydrogen-bond donors (Lipinski definition) is 2. The molecule has 0 aliphatic carbocycles. The molecule has 1 aliphatic rings. The monoisotopic (exact) mass is 527 g/mol. The summed E-state index contributed by atoms with van der Waals surface area (Å²) in [6.45, 7) is 0.299. The number of H-pyrrole nitrogens is 2. The molecule has 0 aromatic carbocycles. The van der Waals surface area contributed by atoms with Crippen molar-refractivity contribution in [1.29, 1.82) is 0 Å². The summed E-state index contributed by atoms with van der Waals surface area (Å²) in [5, 5.41) is 7.24. The molecule has 0 atom stereocenters. The fraction of sp³-hybridized carbons (Fsp3) is 0.185. The number of imidazole rings is 1. The smallest absolute Gasteiger partial charge is 0.261 e. The summed E-state index contributed by atoms with van der Waals surface area (Å²) in [4.78, 5) is 26.9. The van der Waals surface area contributed by atoms with Gasteiger partial charge in [-0.05, 0) is 29.8 Å². The molecule has 12 heteroatoms. The Kier molecular flexibility index (Phi) is 5.37. The topological polar surface area (TPSA) is 112 Å². The van der Waals surface area contributed by atoms with Crippen molar-refractivity contribution in [2.75, 3.05) is 13.1 Å². The standard InChI is InChI=1S/C27H20F3N9/c28-21-18(16-9-15(10-31-11-16)13-39-8-5-27(29,30)14-39)12-34-24-20(21)23(37-38-24)26-35-22-17(4-7-33-25(22)36-26)19-3-1-2-6-32-19/h1-4,6-7,9-12H,5,8,13-14H2,(H,33,35,36)(H,34,37,38). The minimum absolute atomic E-state index is 0.163. The molecule has 0 unspecified atom stereocenters. The lowest BCUT2D eigenvalue weighted by Gasteiger charge is -2.15. The van der Waals surface area contributed by atoms with Crippen molar-refractivity contribution in [2.24, 2.45) is 0 Å². The highest BCUT2D eigenvalue weighted by Crippen LogP contribution is 2.34. The molecule has 7 rings (SSSR count). The molecule has 1 aliphatic heterocycles. The highest BCUT2D eigenvalue weighted by Gasteiger charge is 2.38. The van der Waals surface area contributed by atoms with Crippen LogP contribution in [-0.4, -0.2) is 64.0 Å². The van der Waals surface area contributed by atoms with Crippen molar-refractivity contribution < 1.29 is 13.2 Å². The lowest BCUT2D eigenvalue weighted by atomic mass is 10.0. The van der Waals surface area contributed by atoms with Crippen LogP contribution in [0.1, 0.15) is 12.0 Å². The number of halogens is 3. The fourth-order valence-corrected chi connectivity index (χ4v) is 5.00. The summed E-state index contributed by atoms with van der Waals surface area (Å²) in [6, 6.07) is 9.16. The number of rotatable bonds is 5. The molecule has 2 N–H and O–H groups in total. The van der Waals surface area contributed by atoms with Crippen LogP contribution in [0.5, 0.6) is 0 Å². The van der Waals surface area contributed by atoms with Gasteiger partial charge in [-0.25, -0.2) is 28.1 Å². The van der Waals surface area contributed by atoms with Gasteiger partial charge in [0, 0.05) is 67.2 Å². The SMILES string of the molecule is Fc1c(-c2cncc(CN3CCC(F)(F)C3)c2)cnc2[nH]nc(-c3nc4c(-c5ccccn5)ccnc4[nH]3)c12. The zero-order chi connectivity index (χ0) is 26.6. The van der Waals surface area contributed by atoms with Crippen LogP contribution in [0.4, 0.5) is 13.2 Å². The number of hydrogen-bond acceptors (Lipinski definition) is 7. The van der Waals surface area contributed by atoms with Gasteiger partial charge in [0.05, 0.1) is 17.6 Å². The summed E-state index contributed by atoms with van der Waals surface area (Å²) >= 11 is 0. The Bertz CT molecular complexity index is 1830. The van der Waals surface area contributed by atoms with Crippen LogP contribution in [0.2, 0.25) is 0 Å². The lowest BCUT2D eigenvalue weighted by molar-refractivity contribution is 0.0115. The summed E-state index contributed by atoms with van der Waals surface area (Å²) in [6.07, 6.45) is 7.72. The Morgan fingerprint density at radius 1 is 0.974 bits per heavy atom. The van der Waals surface area contributed by atoms with Crippen LogP contribution < -0.4 is 0 Å². The van der Waals surface area contributed by atoms with Gasteiger partial charge in [0.2, 0.25) is 0 Å². The minimum Gasteiger partial charge on any atom is -0.321 e. The Morgan fingerprint density at radius 3 is 2.72 bits per heavy atom. The van der Waals surface area contributed by atoms with Gasteiger partial charge in [-0.1, -0.05) is 6.07 Å². The maximum atomic E-state index is 16.1. The van der Waals surface area contributed by atoms with E-state index in [1.165, 1.54) is 12.4 Å². The van der Waals surface area contributed by atoms with Crippen molar-refractivity contribution in [3.05, 3.63) is 72.7 Å². The number of alkyl halides is 2. The Hall–Kier alpha value is -4.71. The molecule has 6 aromatic heterocycles. The first-order valence-electron chi connectivity index (χ1n) is 12.3. The van der Waals surface area contributed by atoms with E-state index in [2.05, 4.69) is 35.1 Å². The van der Waals surface area contributed by atoms with Gasteiger partial charge in [0.15, 0.2) is 17.1 Å². The number of aromatic amines is 2. The van der Waals surface area contributed by atoms with Crippen molar-refractivity contribution >= 4 is 22.2 Å². The molecule has 9 nitrogen and oxygen atoms in total. The van der Waals surface area contributed by atoms with E-state index in [-0.39, 0.29) is 35.3 Å². The fourth-order valence-electron chi connectivity index (χ4n) is 5.00. The zero-order valence-corrected chi connectivity index (χ0v) is 20.4. The largest absolute Gasteiger partial charge is 0.321 e. The van der Waals surface area contributed by atoms with Crippen LogP contribution in [0.25, 0.3) is 56.1 Å². The summed E-state index contributed by atoms with van der Waals surface area (Å²) < 4.78 is 43.3. The highest BCUT2D eigenvalue weighted by molar-refractivity contribution is 5.96. The first-order valence-corrected chi connectivity index (χ1v) is 12.3. The van der Waals surface area contributed by atoms with E-state index >= 15 is 4.39 Å². The lowest BCUT2D eigenvalue weighted by Crippen LogP contribution is -2.24. The quantitative estimate of drug-likeness (QED) is 0.325. The van der Waals surface area contributed by atoms with E-state index in [4.69, 9.17) is 4.98 Å². The van der Waals surface area contributed by atoms with Crippen molar-refractivity contribution in [3.8, 4) is 33.9 Å². The highest BCUT2D eigenvalue weighted by atomic mass is 19.3. The molecule has 0 saturated carbocycles. The summed E-state index contributed by atoms with van der Waals surface area (Å²) in [5.74, 6) is -2.91. The van der Waals surface area contributed by atoms with Crippen LogP contribution in [0.3, 0.4) is 0 Å². The third-order valence-corrected chi connectivity index (χ3v) is 6.84. The Balaban J connectivity index is 1.28. The number of likely N-dealkylation sites (tertiary alicyclic amines) is 1. The number of nitrogens with one attached hydrogen (secondary N) is 2. The van der Waals surface area contributed by atoms with E-state index in [0.717, 1.165) is 11.3 Å². The van der Waals surface area contributed by atoms with E-state index in [1.54, 1.807) is 29.6 Å². The minimum atomic E-state index is -2.69. The maximum Gasteiger partial charge on any atom is 0.261 e. The predicted octanol–water partition coefficient (Wildman–Crippen LogP) is 5.00. The van der Waals surface area contributed by atoms with E-state index in [0.29, 0.717) is 41.2 Å². The molecular weight excluding hydrogens is 507 g/mol. The van der Waals surface area contributed by atoms with E-state index in [1.807, 2.05) is 24.3 Å². The molecule has 39 heavy (non-hydrogen) atoms. The molecule has 0 radical (unpaired) electrons. The van der Waals surface area contributed by atoms with Gasteiger partial charge in [-0.15, -0.1) is 0 Å². The molecule has 0 spiro atoms. The molecule has 194 valence electrons. The van der Waals surface area contributed by atoms with Crippen molar-refractivity contribution in [3.63, 3.8) is 0 Å². The molecule has 0 bridgehead atoms. The van der Waals surface area contributed by atoms with Crippen LogP contribution in [-0.2, 0) is 6.54 Å². The third kappa shape index (κ3) is 4.18. The normalized spacial score (nSPS) is 15.5. The third-order valence-electron chi connectivity index (χ3n) is 6.84. The Morgan fingerprint density at radius 2 is 1.90 bits per heavy atom. The van der Waals surface area contributed by atoms with Gasteiger partial charge < -0.3 is 4.98 Å². The van der Waals surface area contributed by atoms with Crippen LogP contribution in [0, 0.1) is 5.82 Å². The van der Waals surface area contributed by atoms with Gasteiger partial charge in [-0.2, -0.15) is 5.10 Å². The molecule has 0 amide bonds. The van der Waals surface area contributed by atoms with E-state index in [9.17, 15) is 8.78 Å². The summed E-state index contributed by atoms with van der Waals surface area (Å²) in [7, 11) is 0. The molecule has 7 heterocycles. The first-order chi connectivity index (χ1) is 18.9. The molecule has 1 saturated heterocycles. The van der Waals surface area contributed by atoms with Crippen LogP contribution in [0.15, 0.2) is 61.3 Å². The van der Waals surface area contributed by atoms with Gasteiger partial charge in [0.1, 0.15) is 17.0 Å². The van der Waals surface area contributed by atoms with Crippen molar-refractivity contribution in [2.45, 2.75) is 18.9 Å². The second kappa shape index (κ2) is 8.95. The zero-order valence-electron chi connectivity index (χ0n) is 20.4. The second-order valence-corrected chi connectivity index (χ2v) is 9.54. The number of aromatic nitrogens is 8. The van der Waals surface area contributed by atoms with Gasteiger partial charge >= 0.3 is 0 Å². The van der Waals surface area contributed by atoms with Crippen molar-refractivity contribution in [1.82, 2.24) is 45.0 Å². The van der Waals surface area contributed by atoms with Gasteiger partial charge in [-0.3, -0.25) is 20.0 Å². The predicted molar refractivity (Wildman–Crippen MR) is 138 cm³/mol. The maximum absolute atomic E-state index is 16.1. The average molecular weight is 528 g/mol. The molecular formula is C27H20F3N9. The number of nitrogens with zero attached hydrogens (tertiary/aromatic N) is 7. The summed E-state index contributed by atoms with van der Waals surface area (Å²) in [5.41, 5.74) is 4.53. The first kappa shape index (κ1) is 23.4. The van der Waals surface area contributed by atoms with E-state index < -0.39 is 11.7 Å². The second-order valence-electron chi connectivity index (χ2n) is 9.54.